The fraction of sp³-hybridized carbons (Fsp3) is 0.407. The Kier molecular flexibility index (Phi) is 8.28. The zero-order valence-corrected chi connectivity index (χ0v) is 20.1. The molecule has 0 fully saturated rings. The standard InChI is InChI=1S/C27H33NO5/c1-6-19(5)32-24(29)16-23-25(21-10-8-9-11-22(21)33-23)26(30)20-14-17(3)27(18(4)15-20)31-13-12-28-7-2/h8-11,14-15,19,28H,6-7,12-13,16H2,1-5H3/t19-/m0/s1. The second-order valence-corrected chi connectivity index (χ2v) is 8.25. The predicted molar refractivity (Wildman–Crippen MR) is 129 cm³/mol. The van der Waals surface area contributed by atoms with Crippen molar-refractivity contribution in [1.29, 1.82) is 0 Å². The van der Waals surface area contributed by atoms with Crippen molar-refractivity contribution in [3.05, 3.63) is 64.4 Å². The van der Waals surface area contributed by atoms with Crippen molar-refractivity contribution >= 4 is 22.7 Å². The highest BCUT2D eigenvalue weighted by atomic mass is 16.5. The van der Waals surface area contributed by atoms with E-state index in [1.807, 2.05) is 58.0 Å². The van der Waals surface area contributed by atoms with E-state index in [-0.39, 0.29) is 18.3 Å². The highest BCUT2D eigenvalue weighted by Crippen LogP contribution is 2.31. The van der Waals surface area contributed by atoms with Crippen LogP contribution in [-0.2, 0) is 16.0 Å². The largest absolute Gasteiger partial charge is 0.492 e. The number of carbonyl (C=O) groups is 2. The topological polar surface area (TPSA) is 77.8 Å². The average Bonchev–Trinajstić information content (AvgIpc) is 3.14. The van der Waals surface area contributed by atoms with E-state index in [0.717, 1.165) is 36.4 Å². The SMILES string of the molecule is CCNCCOc1c(C)cc(C(=O)c2c(CC(=O)O[C@@H](C)CC)oc3ccccc23)cc1C. The number of likely N-dealkylation sites (N-methyl/N-ethyl adjacent to an activating group) is 1. The van der Waals surface area contributed by atoms with Gasteiger partial charge in [-0.3, -0.25) is 9.59 Å². The molecule has 0 saturated carbocycles. The maximum Gasteiger partial charge on any atom is 0.313 e. The second-order valence-electron chi connectivity index (χ2n) is 8.25. The number of hydrogen-bond acceptors (Lipinski definition) is 6. The number of benzene rings is 2. The molecule has 3 rings (SSSR count). The summed E-state index contributed by atoms with van der Waals surface area (Å²) in [5, 5.41) is 3.92. The molecule has 6 nitrogen and oxygen atoms in total. The van der Waals surface area contributed by atoms with Crippen LogP contribution in [0.4, 0.5) is 0 Å². The molecule has 1 aromatic heterocycles. The number of hydrogen-bond donors (Lipinski definition) is 1. The molecule has 0 bridgehead atoms. The molecule has 33 heavy (non-hydrogen) atoms. The second kappa shape index (κ2) is 11.1. The Hall–Kier alpha value is -3.12. The maximum atomic E-state index is 13.7. The molecule has 1 heterocycles. The van der Waals surface area contributed by atoms with Crippen LogP contribution in [0.1, 0.15) is 60.0 Å². The smallest absolute Gasteiger partial charge is 0.313 e. The molecule has 0 spiro atoms. The summed E-state index contributed by atoms with van der Waals surface area (Å²) in [5.41, 5.74) is 3.29. The first kappa shape index (κ1) is 24.5. The van der Waals surface area contributed by atoms with Crippen molar-refractivity contribution in [2.24, 2.45) is 0 Å². The summed E-state index contributed by atoms with van der Waals surface area (Å²) in [6.07, 6.45) is 0.439. The zero-order chi connectivity index (χ0) is 24.0. The van der Waals surface area contributed by atoms with Gasteiger partial charge in [0.25, 0.3) is 0 Å². The van der Waals surface area contributed by atoms with Crippen molar-refractivity contribution in [2.75, 3.05) is 19.7 Å². The predicted octanol–water partition coefficient (Wildman–Crippen LogP) is 5.15. The quantitative estimate of drug-likeness (QED) is 0.247. The van der Waals surface area contributed by atoms with Gasteiger partial charge in [0.15, 0.2) is 5.78 Å². The molecule has 6 heteroatoms. The average molecular weight is 452 g/mol. The van der Waals surface area contributed by atoms with E-state index < -0.39 is 5.97 Å². The van der Waals surface area contributed by atoms with Gasteiger partial charge in [-0.1, -0.05) is 32.0 Å². The van der Waals surface area contributed by atoms with E-state index in [1.54, 1.807) is 6.07 Å². The highest BCUT2D eigenvalue weighted by Gasteiger charge is 2.25. The minimum Gasteiger partial charge on any atom is -0.492 e. The summed E-state index contributed by atoms with van der Waals surface area (Å²) >= 11 is 0. The monoisotopic (exact) mass is 451 g/mol. The number of nitrogens with one attached hydrogen (secondary N) is 1. The van der Waals surface area contributed by atoms with Crippen LogP contribution in [0.15, 0.2) is 40.8 Å². The third-order valence-electron chi connectivity index (χ3n) is 5.61. The molecular formula is C27H33NO5. The van der Waals surface area contributed by atoms with E-state index in [9.17, 15) is 9.59 Å². The highest BCUT2D eigenvalue weighted by molar-refractivity contribution is 6.17. The molecule has 0 amide bonds. The number of rotatable bonds is 11. The number of ketones is 1. The molecule has 1 N–H and O–H groups in total. The Labute approximate surface area is 195 Å². The van der Waals surface area contributed by atoms with Crippen LogP contribution in [-0.4, -0.2) is 37.6 Å². The first-order valence-electron chi connectivity index (χ1n) is 11.5. The number of aryl methyl sites for hydroxylation is 2. The third kappa shape index (κ3) is 5.82. The van der Waals surface area contributed by atoms with Crippen LogP contribution in [0.2, 0.25) is 0 Å². The molecule has 0 unspecified atom stereocenters. The van der Waals surface area contributed by atoms with Crippen LogP contribution in [0, 0.1) is 13.8 Å². The molecule has 176 valence electrons. The number of furan rings is 1. The Morgan fingerprint density at radius 3 is 2.45 bits per heavy atom. The summed E-state index contributed by atoms with van der Waals surface area (Å²) in [5.74, 6) is 0.528. The van der Waals surface area contributed by atoms with Crippen LogP contribution in [0.5, 0.6) is 5.75 Å². The fourth-order valence-corrected chi connectivity index (χ4v) is 3.81. The van der Waals surface area contributed by atoms with E-state index in [2.05, 4.69) is 12.2 Å². The lowest BCUT2D eigenvalue weighted by atomic mass is 9.96. The van der Waals surface area contributed by atoms with Crippen LogP contribution < -0.4 is 10.1 Å². The number of esters is 1. The van der Waals surface area contributed by atoms with Gasteiger partial charge in [-0.2, -0.15) is 0 Å². The van der Waals surface area contributed by atoms with Gasteiger partial charge in [0.1, 0.15) is 30.1 Å². The van der Waals surface area contributed by atoms with Gasteiger partial charge in [0, 0.05) is 17.5 Å². The number of ether oxygens (including phenoxy) is 2. The summed E-state index contributed by atoms with van der Waals surface area (Å²) in [6.45, 7) is 11.9. The van der Waals surface area contributed by atoms with Crippen molar-refractivity contribution in [1.82, 2.24) is 5.32 Å². The molecule has 0 aliphatic heterocycles. The van der Waals surface area contributed by atoms with Gasteiger partial charge in [-0.15, -0.1) is 0 Å². The molecule has 2 aromatic carbocycles. The van der Waals surface area contributed by atoms with E-state index in [4.69, 9.17) is 13.9 Å². The number of para-hydroxylation sites is 1. The summed E-state index contributed by atoms with van der Waals surface area (Å²) < 4.78 is 17.3. The van der Waals surface area contributed by atoms with Gasteiger partial charge in [0.2, 0.25) is 0 Å². The Morgan fingerprint density at radius 2 is 1.79 bits per heavy atom. The minimum absolute atomic E-state index is 0.0936. The van der Waals surface area contributed by atoms with Gasteiger partial charge in [-0.05, 0) is 63.1 Å². The maximum absolute atomic E-state index is 13.7. The Balaban J connectivity index is 1.93. The van der Waals surface area contributed by atoms with Crippen molar-refractivity contribution in [3.63, 3.8) is 0 Å². The van der Waals surface area contributed by atoms with Crippen LogP contribution in [0.3, 0.4) is 0 Å². The lowest BCUT2D eigenvalue weighted by Crippen LogP contribution is -2.20. The summed E-state index contributed by atoms with van der Waals surface area (Å²) in [4.78, 5) is 26.1. The first-order chi connectivity index (χ1) is 15.8. The Bertz CT molecular complexity index is 1110. The number of fused-ring (bicyclic) bond motifs is 1. The van der Waals surface area contributed by atoms with Gasteiger partial charge in [0.05, 0.1) is 11.7 Å². The van der Waals surface area contributed by atoms with Crippen molar-refractivity contribution in [2.45, 2.75) is 53.6 Å². The normalized spacial score (nSPS) is 12.0. The number of carbonyl (C=O) groups excluding carboxylic acids is 2. The lowest BCUT2D eigenvalue weighted by molar-refractivity contribution is -0.147. The molecule has 0 radical (unpaired) electrons. The van der Waals surface area contributed by atoms with E-state index >= 15 is 0 Å². The first-order valence-corrected chi connectivity index (χ1v) is 11.5. The van der Waals surface area contributed by atoms with Gasteiger partial charge in [-0.25, -0.2) is 0 Å². The Morgan fingerprint density at radius 1 is 1.09 bits per heavy atom. The molecule has 0 aliphatic rings. The van der Waals surface area contributed by atoms with E-state index in [1.165, 1.54) is 0 Å². The van der Waals surface area contributed by atoms with Gasteiger partial charge >= 0.3 is 5.97 Å². The van der Waals surface area contributed by atoms with Gasteiger partial charge < -0.3 is 19.2 Å². The molecule has 1 atom stereocenters. The van der Waals surface area contributed by atoms with Crippen LogP contribution >= 0.6 is 0 Å². The zero-order valence-electron chi connectivity index (χ0n) is 20.1. The minimum atomic E-state index is -0.408. The van der Waals surface area contributed by atoms with Crippen LogP contribution in [0.25, 0.3) is 11.0 Å². The molecule has 0 saturated heterocycles. The summed E-state index contributed by atoms with van der Waals surface area (Å²) in [7, 11) is 0. The van der Waals surface area contributed by atoms with Crippen molar-refractivity contribution < 1.29 is 23.5 Å². The molecular weight excluding hydrogens is 418 g/mol. The molecule has 3 aromatic rings. The van der Waals surface area contributed by atoms with Crippen molar-refractivity contribution in [3.8, 4) is 5.75 Å². The molecule has 0 aliphatic carbocycles. The van der Waals surface area contributed by atoms with E-state index in [0.29, 0.717) is 34.5 Å². The third-order valence-corrected chi connectivity index (χ3v) is 5.61. The lowest BCUT2D eigenvalue weighted by Gasteiger charge is -2.14. The fourth-order valence-electron chi connectivity index (χ4n) is 3.81. The summed E-state index contributed by atoms with van der Waals surface area (Å²) in [6, 6.07) is 11.0.